The van der Waals surface area contributed by atoms with Gasteiger partial charge in [0.1, 0.15) is 6.61 Å². The SMILES string of the molecule is COC(OCC(F)(F)C(=O)O)C(C)C. The van der Waals surface area contributed by atoms with Crippen LogP contribution in [0.4, 0.5) is 8.78 Å². The molecule has 14 heavy (non-hydrogen) atoms. The van der Waals surface area contributed by atoms with Gasteiger partial charge in [-0.05, 0) is 0 Å². The van der Waals surface area contributed by atoms with Crippen LogP contribution < -0.4 is 0 Å². The van der Waals surface area contributed by atoms with E-state index in [1.54, 1.807) is 13.8 Å². The highest BCUT2D eigenvalue weighted by molar-refractivity contribution is 5.75. The zero-order chi connectivity index (χ0) is 11.4. The van der Waals surface area contributed by atoms with E-state index in [4.69, 9.17) is 9.84 Å². The minimum Gasteiger partial charge on any atom is -0.477 e. The third kappa shape index (κ3) is 3.97. The van der Waals surface area contributed by atoms with Gasteiger partial charge in [-0.15, -0.1) is 0 Å². The topological polar surface area (TPSA) is 55.8 Å². The van der Waals surface area contributed by atoms with E-state index in [1.807, 2.05) is 0 Å². The average Bonchev–Trinajstić information content (AvgIpc) is 2.04. The molecule has 0 rings (SSSR count). The normalized spacial score (nSPS) is 14.4. The highest BCUT2D eigenvalue weighted by atomic mass is 19.3. The summed E-state index contributed by atoms with van der Waals surface area (Å²) in [6, 6.07) is 0. The van der Waals surface area contributed by atoms with Crippen LogP contribution in [0.25, 0.3) is 0 Å². The lowest BCUT2D eigenvalue weighted by Gasteiger charge is -2.21. The van der Waals surface area contributed by atoms with Crippen molar-refractivity contribution in [2.24, 2.45) is 5.92 Å². The second-order valence-electron chi connectivity index (χ2n) is 3.17. The minimum atomic E-state index is -3.87. The molecule has 0 amide bonds. The summed E-state index contributed by atoms with van der Waals surface area (Å²) < 4.78 is 34.4. The molecule has 0 aliphatic heterocycles. The molecular formula is C8H14F2O4. The molecule has 0 spiro atoms. The summed E-state index contributed by atoms with van der Waals surface area (Å²) >= 11 is 0. The lowest BCUT2D eigenvalue weighted by atomic mass is 10.2. The third-order valence-corrected chi connectivity index (χ3v) is 1.52. The molecule has 1 unspecified atom stereocenters. The van der Waals surface area contributed by atoms with Crippen molar-refractivity contribution in [1.82, 2.24) is 0 Å². The Morgan fingerprint density at radius 2 is 2.00 bits per heavy atom. The van der Waals surface area contributed by atoms with E-state index in [2.05, 4.69) is 4.74 Å². The number of carboxylic acids is 1. The van der Waals surface area contributed by atoms with Gasteiger partial charge in [0, 0.05) is 13.0 Å². The molecule has 84 valence electrons. The Labute approximate surface area is 80.8 Å². The summed E-state index contributed by atoms with van der Waals surface area (Å²) in [4.78, 5) is 10.0. The molecule has 0 aliphatic rings. The quantitative estimate of drug-likeness (QED) is 0.675. The van der Waals surface area contributed by atoms with Crippen LogP contribution in [0, 0.1) is 5.92 Å². The Kier molecular flexibility index (Phi) is 4.93. The first-order valence-electron chi connectivity index (χ1n) is 4.07. The predicted octanol–water partition coefficient (Wildman–Crippen LogP) is 1.35. The van der Waals surface area contributed by atoms with Crippen LogP contribution in [0.1, 0.15) is 13.8 Å². The molecule has 0 saturated heterocycles. The highest BCUT2D eigenvalue weighted by Crippen LogP contribution is 2.17. The van der Waals surface area contributed by atoms with Crippen LogP contribution in [0.5, 0.6) is 0 Å². The number of ether oxygens (including phenoxy) is 2. The number of hydrogen-bond donors (Lipinski definition) is 1. The van der Waals surface area contributed by atoms with Crippen molar-refractivity contribution in [2.75, 3.05) is 13.7 Å². The average molecular weight is 212 g/mol. The molecule has 0 aromatic rings. The van der Waals surface area contributed by atoms with E-state index in [0.717, 1.165) is 0 Å². The Morgan fingerprint density at radius 1 is 1.50 bits per heavy atom. The molecule has 6 heteroatoms. The lowest BCUT2D eigenvalue weighted by molar-refractivity contribution is -0.205. The second kappa shape index (κ2) is 5.21. The number of methoxy groups -OCH3 is 1. The van der Waals surface area contributed by atoms with Crippen molar-refractivity contribution >= 4 is 5.97 Å². The van der Waals surface area contributed by atoms with E-state index in [-0.39, 0.29) is 5.92 Å². The fraction of sp³-hybridized carbons (Fsp3) is 0.875. The molecule has 0 radical (unpaired) electrons. The fourth-order valence-corrected chi connectivity index (χ4v) is 0.781. The van der Waals surface area contributed by atoms with Gasteiger partial charge in [0.15, 0.2) is 6.29 Å². The van der Waals surface area contributed by atoms with Gasteiger partial charge < -0.3 is 14.6 Å². The van der Waals surface area contributed by atoms with Crippen molar-refractivity contribution in [2.45, 2.75) is 26.1 Å². The molecule has 0 aliphatic carbocycles. The monoisotopic (exact) mass is 212 g/mol. The molecule has 1 atom stereocenters. The maximum absolute atomic E-state index is 12.5. The zero-order valence-corrected chi connectivity index (χ0v) is 8.29. The molecule has 0 aromatic carbocycles. The zero-order valence-electron chi connectivity index (χ0n) is 8.29. The van der Waals surface area contributed by atoms with Gasteiger partial charge in [-0.2, -0.15) is 8.78 Å². The lowest BCUT2D eigenvalue weighted by Crippen LogP contribution is -2.37. The van der Waals surface area contributed by atoms with E-state index in [1.165, 1.54) is 7.11 Å². The molecule has 0 fully saturated rings. The summed E-state index contributed by atoms with van der Waals surface area (Å²) in [5.41, 5.74) is 0. The van der Waals surface area contributed by atoms with E-state index < -0.39 is 24.8 Å². The summed E-state index contributed by atoms with van der Waals surface area (Å²) in [6.45, 7) is 2.25. The van der Waals surface area contributed by atoms with Crippen molar-refractivity contribution in [1.29, 1.82) is 0 Å². The van der Waals surface area contributed by atoms with Crippen molar-refractivity contribution in [3.05, 3.63) is 0 Å². The molecule has 0 bridgehead atoms. The predicted molar refractivity (Wildman–Crippen MR) is 44.2 cm³/mol. The minimum absolute atomic E-state index is 0.121. The standard InChI is InChI=1S/C8H14F2O4/c1-5(2)6(13-3)14-4-8(9,10)7(11)12/h5-6H,4H2,1-3H3,(H,11,12). The van der Waals surface area contributed by atoms with Gasteiger partial charge in [0.25, 0.3) is 0 Å². The summed E-state index contributed by atoms with van der Waals surface area (Å²) in [5, 5.41) is 8.09. The highest BCUT2D eigenvalue weighted by Gasteiger charge is 2.40. The molecule has 4 nitrogen and oxygen atoms in total. The largest absolute Gasteiger partial charge is 0.477 e. The first-order valence-corrected chi connectivity index (χ1v) is 4.07. The maximum Gasteiger partial charge on any atom is 0.377 e. The smallest absolute Gasteiger partial charge is 0.377 e. The maximum atomic E-state index is 12.5. The third-order valence-electron chi connectivity index (χ3n) is 1.52. The van der Waals surface area contributed by atoms with E-state index in [9.17, 15) is 13.6 Å². The number of halogens is 2. The van der Waals surface area contributed by atoms with Crippen LogP contribution in [-0.4, -0.2) is 37.0 Å². The van der Waals surface area contributed by atoms with Crippen molar-refractivity contribution < 1.29 is 28.2 Å². The van der Waals surface area contributed by atoms with Crippen LogP contribution in [-0.2, 0) is 14.3 Å². The van der Waals surface area contributed by atoms with Crippen molar-refractivity contribution in [3.63, 3.8) is 0 Å². The van der Waals surface area contributed by atoms with E-state index in [0.29, 0.717) is 0 Å². The second-order valence-corrected chi connectivity index (χ2v) is 3.17. The summed E-state index contributed by atoms with van der Waals surface area (Å²) in [5.74, 6) is -6.19. The Bertz CT molecular complexity index is 194. The van der Waals surface area contributed by atoms with Gasteiger partial charge in [-0.25, -0.2) is 4.79 Å². The molecular weight excluding hydrogens is 198 g/mol. The number of carbonyl (C=O) groups is 1. The number of carboxylic acid groups (broad SMARTS) is 1. The molecule has 0 aromatic heterocycles. The first-order chi connectivity index (χ1) is 6.31. The summed E-state index contributed by atoms with van der Waals surface area (Å²) in [7, 11) is 1.31. The van der Waals surface area contributed by atoms with Crippen molar-refractivity contribution in [3.8, 4) is 0 Å². The molecule has 1 N–H and O–H groups in total. The van der Waals surface area contributed by atoms with Gasteiger partial charge in [0.2, 0.25) is 0 Å². The fourth-order valence-electron chi connectivity index (χ4n) is 0.781. The van der Waals surface area contributed by atoms with Gasteiger partial charge >= 0.3 is 11.9 Å². The first kappa shape index (κ1) is 13.2. The number of alkyl halides is 2. The van der Waals surface area contributed by atoms with Gasteiger partial charge in [-0.3, -0.25) is 0 Å². The van der Waals surface area contributed by atoms with Crippen LogP contribution in [0.3, 0.4) is 0 Å². The number of rotatable bonds is 6. The Balaban J connectivity index is 4.09. The van der Waals surface area contributed by atoms with Gasteiger partial charge in [-0.1, -0.05) is 13.8 Å². The molecule has 0 saturated carbocycles. The number of hydrogen-bond acceptors (Lipinski definition) is 3. The Morgan fingerprint density at radius 3 is 2.29 bits per heavy atom. The number of aliphatic carboxylic acids is 1. The Hall–Kier alpha value is -0.750. The van der Waals surface area contributed by atoms with Crippen LogP contribution in [0.2, 0.25) is 0 Å². The van der Waals surface area contributed by atoms with E-state index >= 15 is 0 Å². The van der Waals surface area contributed by atoms with Gasteiger partial charge in [0.05, 0.1) is 0 Å². The van der Waals surface area contributed by atoms with Crippen LogP contribution in [0.15, 0.2) is 0 Å². The molecule has 0 heterocycles. The summed E-state index contributed by atoms with van der Waals surface area (Å²) in [6.07, 6.45) is -0.819. The van der Waals surface area contributed by atoms with Crippen LogP contribution >= 0.6 is 0 Å².